The van der Waals surface area contributed by atoms with Crippen molar-refractivity contribution >= 4 is 35.3 Å². The maximum absolute atomic E-state index is 11.7. The number of aliphatic carboxylic acids is 4. The van der Waals surface area contributed by atoms with Gasteiger partial charge in [-0.15, -0.1) is 0 Å². The number of nitro groups is 2. The Morgan fingerprint density at radius 3 is 1.75 bits per heavy atom. The number of carbonyl (C=O) groups is 4. The van der Waals surface area contributed by atoms with E-state index >= 15 is 0 Å². The van der Waals surface area contributed by atoms with Gasteiger partial charge in [0.25, 0.3) is 5.69 Å². The first-order valence-electron chi connectivity index (χ1n) is 11.3. The predicted octanol–water partition coefficient (Wildman–Crippen LogP) is -0.472. The van der Waals surface area contributed by atoms with E-state index in [4.69, 9.17) is 34.6 Å². The average Bonchev–Trinajstić information content (AvgIpc) is 2.82. The third-order valence-corrected chi connectivity index (χ3v) is 5.03. The number of carboxylic acids is 4. The van der Waals surface area contributed by atoms with Crippen LogP contribution in [0.4, 0.5) is 11.4 Å². The Morgan fingerprint density at radius 1 is 0.800 bits per heavy atom. The maximum Gasteiger partial charge on any atom is 0.317 e. The minimum atomic E-state index is -1.40. The van der Waals surface area contributed by atoms with E-state index < -0.39 is 83.9 Å². The normalized spacial score (nSPS) is 11.8. The fourth-order valence-electron chi connectivity index (χ4n) is 3.48. The number of hydrogen-bond acceptors (Lipinski definition) is 13. The summed E-state index contributed by atoms with van der Waals surface area (Å²) in [6.45, 7) is -3.83. The molecule has 1 aromatic carbocycles. The van der Waals surface area contributed by atoms with Gasteiger partial charge >= 0.3 is 29.6 Å². The van der Waals surface area contributed by atoms with Gasteiger partial charge in [0, 0.05) is 19.2 Å². The largest absolute Gasteiger partial charge is 0.490 e. The van der Waals surface area contributed by atoms with Crippen molar-refractivity contribution in [3.8, 4) is 5.75 Å². The van der Waals surface area contributed by atoms with Crippen LogP contribution in [0.15, 0.2) is 12.1 Å². The topological polar surface area (TPSA) is 270 Å². The summed E-state index contributed by atoms with van der Waals surface area (Å²) in [5.74, 6) is -5.66. The van der Waals surface area contributed by atoms with Crippen LogP contribution < -0.4 is 4.74 Å². The van der Waals surface area contributed by atoms with E-state index in [2.05, 4.69) is 0 Å². The summed E-state index contributed by atoms with van der Waals surface area (Å²) < 4.78 is 15.9. The fourth-order valence-corrected chi connectivity index (χ4v) is 3.48. The molecule has 0 aliphatic carbocycles. The molecule has 0 heterocycles. The smallest absolute Gasteiger partial charge is 0.317 e. The predicted molar refractivity (Wildman–Crippen MR) is 129 cm³/mol. The van der Waals surface area contributed by atoms with Gasteiger partial charge in [0.1, 0.15) is 6.10 Å². The van der Waals surface area contributed by atoms with Gasteiger partial charge in [-0.25, -0.2) is 0 Å². The van der Waals surface area contributed by atoms with Crippen molar-refractivity contribution in [3.63, 3.8) is 0 Å². The molecule has 0 spiro atoms. The minimum absolute atomic E-state index is 0.0714. The molecule has 1 atom stereocenters. The lowest BCUT2D eigenvalue weighted by Gasteiger charge is -2.25. The molecule has 40 heavy (non-hydrogen) atoms. The van der Waals surface area contributed by atoms with Gasteiger partial charge in [0.15, 0.2) is 5.75 Å². The van der Waals surface area contributed by atoms with Crippen molar-refractivity contribution in [1.82, 2.24) is 9.80 Å². The Labute approximate surface area is 225 Å². The monoisotopic (exact) mass is 576 g/mol. The second kappa shape index (κ2) is 16.5. The number of rotatable bonds is 21. The van der Waals surface area contributed by atoms with E-state index in [0.29, 0.717) is 6.07 Å². The Balaban J connectivity index is 3.16. The van der Waals surface area contributed by atoms with Crippen LogP contribution in [0.25, 0.3) is 0 Å². The zero-order valence-electron chi connectivity index (χ0n) is 21.2. The van der Waals surface area contributed by atoms with Gasteiger partial charge in [0.05, 0.1) is 74.6 Å². The molecule has 0 aromatic heterocycles. The lowest BCUT2D eigenvalue weighted by atomic mass is 10.0. The Morgan fingerprint density at radius 2 is 1.30 bits per heavy atom. The number of nitro benzene ring substituents is 2. The lowest BCUT2D eigenvalue weighted by Crippen LogP contribution is -2.38. The van der Waals surface area contributed by atoms with Crippen LogP contribution in [0.1, 0.15) is 11.7 Å². The van der Waals surface area contributed by atoms with E-state index in [0.717, 1.165) is 23.0 Å². The molecule has 1 unspecified atom stereocenters. The van der Waals surface area contributed by atoms with Crippen molar-refractivity contribution in [3.05, 3.63) is 37.9 Å². The minimum Gasteiger partial charge on any atom is -0.490 e. The standard InChI is InChI=1S/C21H28N4O15/c1-38-16-6-13(14(24(34)35)7-15(16)25(36)37)17(8-23(11-20(30)31)12-21(32)33)40-5-4-39-3-2-22(9-18(26)27)10-19(28)29/h6-7,17H,2-5,8-12H2,1H3,(H,26,27)(H,28,29)(H,30,31)(H,32,33). The summed E-state index contributed by atoms with van der Waals surface area (Å²) in [5.41, 5.74) is -1.75. The zero-order chi connectivity index (χ0) is 30.4. The molecular formula is C21H28N4O15. The summed E-state index contributed by atoms with van der Waals surface area (Å²) in [5, 5.41) is 59.1. The van der Waals surface area contributed by atoms with Gasteiger partial charge in [0.2, 0.25) is 0 Å². The van der Waals surface area contributed by atoms with Crippen LogP contribution >= 0.6 is 0 Å². The lowest BCUT2D eigenvalue weighted by molar-refractivity contribution is -0.395. The molecule has 4 N–H and O–H groups in total. The van der Waals surface area contributed by atoms with E-state index in [-0.39, 0.29) is 37.7 Å². The molecule has 1 aromatic rings. The van der Waals surface area contributed by atoms with Crippen LogP contribution in [0.5, 0.6) is 5.75 Å². The highest BCUT2D eigenvalue weighted by atomic mass is 16.6. The number of nitrogens with zero attached hydrogens (tertiary/aromatic N) is 4. The highest BCUT2D eigenvalue weighted by Crippen LogP contribution is 2.38. The molecular weight excluding hydrogens is 548 g/mol. The van der Waals surface area contributed by atoms with Gasteiger partial charge in [-0.1, -0.05) is 0 Å². The first kappa shape index (κ1) is 33.6. The van der Waals surface area contributed by atoms with Crippen LogP contribution in [0.2, 0.25) is 0 Å². The van der Waals surface area contributed by atoms with Crippen LogP contribution in [-0.4, -0.2) is 130 Å². The van der Waals surface area contributed by atoms with Crippen molar-refractivity contribution < 1.29 is 63.7 Å². The third-order valence-electron chi connectivity index (χ3n) is 5.03. The number of methoxy groups -OCH3 is 1. The summed E-state index contributed by atoms with van der Waals surface area (Å²) in [6, 6.07) is 1.61. The quantitative estimate of drug-likeness (QED) is 0.0817. The van der Waals surface area contributed by atoms with E-state index in [9.17, 15) is 39.4 Å². The maximum atomic E-state index is 11.7. The highest BCUT2D eigenvalue weighted by molar-refractivity contribution is 5.73. The average molecular weight is 576 g/mol. The number of hydrogen-bond donors (Lipinski definition) is 4. The Bertz CT molecular complexity index is 1060. The van der Waals surface area contributed by atoms with E-state index in [1.165, 1.54) is 0 Å². The SMILES string of the molecule is COc1cc(C(CN(CC(=O)O)CC(=O)O)OCCOCCN(CC(=O)O)CC(=O)O)c([N+](=O)[O-])cc1[N+](=O)[O-]. The number of carboxylic acid groups (broad SMARTS) is 4. The number of ether oxygens (including phenoxy) is 3. The summed E-state index contributed by atoms with van der Waals surface area (Å²) >= 11 is 0. The molecule has 222 valence electrons. The Kier molecular flexibility index (Phi) is 13.8. The molecule has 19 heteroatoms. The summed E-state index contributed by atoms with van der Waals surface area (Å²) in [4.78, 5) is 67.5. The van der Waals surface area contributed by atoms with E-state index in [1.54, 1.807) is 0 Å². The molecule has 0 saturated carbocycles. The molecule has 0 bridgehead atoms. The highest BCUT2D eigenvalue weighted by Gasteiger charge is 2.32. The van der Waals surface area contributed by atoms with Crippen LogP contribution in [0, 0.1) is 20.2 Å². The molecule has 0 amide bonds. The second-order valence-electron chi connectivity index (χ2n) is 8.02. The zero-order valence-corrected chi connectivity index (χ0v) is 21.2. The molecule has 0 fully saturated rings. The van der Waals surface area contributed by atoms with Gasteiger partial charge < -0.3 is 34.6 Å². The van der Waals surface area contributed by atoms with Gasteiger partial charge in [-0.3, -0.25) is 49.2 Å². The third kappa shape index (κ3) is 11.9. The van der Waals surface area contributed by atoms with Crippen molar-refractivity contribution in [2.75, 3.05) is 66.2 Å². The fraction of sp³-hybridized carbons (Fsp3) is 0.524. The summed E-state index contributed by atoms with van der Waals surface area (Å²) in [6.07, 6.45) is -1.38. The van der Waals surface area contributed by atoms with Gasteiger partial charge in [-0.05, 0) is 0 Å². The van der Waals surface area contributed by atoms with Gasteiger partial charge in [-0.2, -0.15) is 0 Å². The molecule has 0 aliphatic rings. The molecule has 0 radical (unpaired) electrons. The Hall–Kier alpha value is -4.46. The van der Waals surface area contributed by atoms with Crippen molar-refractivity contribution in [2.24, 2.45) is 0 Å². The van der Waals surface area contributed by atoms with Crippen molar-refractivity contribution in [1.29, 1.82) is 0 Å². The first-order chi connectivity index (χ1) is 18.7. The van der Waals surface area contributed by atoms with Crippen molar-refractivity contribution in [2.45, 2.75) is 6.10 Å². The molecule has 19 nitrogen and oxygen atoms in total. The van der Waals surface area contributed by atoms with Crippen LogP contribution in [-0.2, 0) is 28.7 Å². The molecule has 0 saturated heterocycles. The molecule has 1 rings (SSSR count). The second-order valence-corrected chi connectivity index (χ2v) is 8.02. The van der Waals surface area contributed by atoms with E-state index in [1.807, 2.05) is 0 Å². The number of benzene rings is 1. The summed E-state index contributed by atoms with van der Waals surface area (Å²) in [7, 11) is 1.08. The first-order valence-corrected chi connectivity index (χ1v) is 11.3. The van der Waals surface area contributed by atoms with Crippen LogP contribution in [0.3, 0.4) is 0 Å². The molecule has 0 aliphatic heterocycles.